The van der Waals surface area contributed by atoms with Crippen LogP contribution in [0.1, 0.15) is 0 Å². The quantitative estimate of drug-likeness (QED) is 0.191. The number of hydrogen-bond acceptors (Lipinski definition) is 1. The first kappa shape index (κ1) is 26.7. The number of anilines is 3. The fourth-order valence-electron chi connectivity index (χ4n) is 6.49. The molecule has 45 heavy (non-hydrogen) atoms. The topological polar surface area (TPSA) is 3.24 Å². The molecule has 8 aromatic rings. The van der Waals surface area contributed by atoms with Crippen molar-refractivity contribution in [1.82, 2.24) is 0 Å². The Morgan fingerprint density at radius 3 is 1.40 bits per heavy atom. The summed E-state index contributed by atoms with van der Waals surface area (Å²) in [7, 11) is 0. The van der Waals surface area contributed by atoms with Gasteiger partial charge in [0, 0.05) is 16.9 Å². The van der Waals surface area contributed by atoms with Gasteiger partial charge in [0.15, 0.2) is 0 Å². The summed E-state index contributed by atoms with van der Waals surface area (Å²) in [5.74, 6) is 0. The molecule has 0 atom stereocenters. The maximum absolute atomic E-state index is 2.39. The van der Waals surface area contributed by atoms with Gasteiger partial charge in [-0.05, 0) is 79.7 Å². The van der Waals surface area contributed by atoms with Crippen molar-refractivity contribution >= 4 is 38.6 Å². The van der Waals surface area contributed by atoms with Gasteiger partial charge in [0.2, 0.25) is 0 Å². The molecule has 0 aromatic heterocycles. The van der Waals surface area contributed by atoms with Gasteiger partial charge in [-0.1, -0.05) is 158 Å². The van der Waals surface area contributed by atoms with Crippen LogP contribution in [0.5, 0.6) is 0 Å². The molecule has 0 spiro atoms. The fourth-order valence-corrected chi connectivity index (χ4v) is 6.49. The summed E-state index contributed by atoms with van der Waals surface area (Å²) in [6.07, 6.45) is 0. The van der Waals surface area contributed by atoms with E-state index in [0.717, 1.165) is 17.1 Å². The van der Waals surface area contributed by atoms with Crippen LogP contribution in [-0.2, 0) is 0 Å². The van der Waals surface area contributed by atoms with Crippen LogP contribution in [0, 0.1) is 0 Å². The molecule has 0 unspecified atom stereocenters. The third kappa shape index (κ3) is 5.05. The Morgan fingerprint density at radius 1 is 0.289 bits per heavy atom. The Bertz CT molecular complexity index is 2240. The number of fused-ring (bicyclic) bond motifs is 2. The van der Waals surface area contributed by atoms with Crippen LogP contribution in [0.4, 0.5) is 17.1 Å². The average Bonchev–Trinajstić information content (AvgIpc) is 3.12. The van der Waals surface area contributed by atoms with E-state index in [1.807, 2.05) is 0 Å². The van der Waals surface area contributed by atoms with E-state index < -0.39 is 0 Å². The van der Waals surface area contributed by atoms with Gasteiger partial charge in [-0.25, -0.2) is 0 Å². The summed E-state index contributed by atoms with van der Waals surface area (Å²) in [6, 6.07) is 67.7. The van der Waals surface area contributed by atoms with Gasteiger partial charge in [0.25, 0.3) is 0 Å². The van der Waals surface area contributed by atoms with Crippen LogP contribution in [0.25, 0.3) is 54.9 Å². The minimum atomic E-state index is 1.11. The van der Waals surface area contributed by atoms with Crippen LogP contribution in [0.2, 0.25) is 0 Å². The average molecular weight is 574 g/mol. The van der Waals surface area contributed by atoms with Crippen molar-refractivity contribution in [1.29, 1.82) is 0 Å². The zero-order chi connectivity index (χ0) is 30.0. The molecular formula is C44H31N. The van der Waals surface area contributed by atoms with Gasteiger partial charge < -0.3 is 4.90 Å². The van der Waals surface area contributed by atoms with E-state index in [4.69, 9.17) is 0 Å². The third-order valence-electron chi connectivity index (χ3n) is 8.66. The Kier molecular flexibility index (Phi) is 6.90. The highest BCUT2D eigenvalue weighted by Gasteiger charge is 2.19. The predicted octanol–water partition coefficient (Wildman–Crippen LogP) is 12.5. The standard InChI is InChI=1S/C44H31N/c1-3-13-34(14-4-1)43-30-27-36(42-24-12-18-33-16-8-10-22-40(33)42)31-44(43)45(37-19-5-2-6-20-37)38-28-25-35(26-29-38)41-23-11-17-32-15-7-9-21-39(32)41/h1-31H. The van der Waals surface area contributed by atoms with Gasteiger partial charge >= 0.3 is 0 Å². The van der Waals surface area contributed by atoms with Crippen molar-refractivity contribution in [3.05, 3.63) is 188 Å². The lowest BCUT2D eigenvalue weighted by Crippen LogP contribution is -2.11. The Labute approximate surface area is 264 Å². The molecule has 0 aliphatic carbocycles. The Hall–Kier alpha value is -5.92. The molecular weight excluding hydrogens is 542 g/mol. The molecule has 0 saturated heterocycles. The first-order valence-electron chi connectivity index (χ1n) is 15.4. The molecule has 0 heterocycles. The highest BCUT2D eigenvalue weighted by atomic mass is 15.1. The maximum atomic E-state index is 2.39. The lowest BCUT2D eigenvalue weighted by molar-refractivity contribution is 1.28. The first-order chi connectivity index (χ1) is 22.3. The van der Waals surface area contributed by atoms with Crippen LogP contribution in [-0.4, -0.2) is 0 Å². The van der Waals surface area contributed by atoms with Crippen molar-refractivity contribution in [3.63, 3.8) is 0 Å². The van der Waals surface area contributed by atoms with Crippen molar-refractivity contribution in [2.45, 2.75) is 0 Å². The van der Waals surface area contributed by atoms with Crippen LogP contribution < -0.4 is 4.90 Å². The van der Waals surface area contributed by atoms with Gasteiger partial charge in [-0.3, -0.25) is 0 Å². The van der Waals surface area contributed by atoms with Crippen molar-refractivity contribution in [2.24, 2.45) is 0 Å². The molecule has 0 saturated carbocycles. The number of hydrogen-bond donors (Lipinski definition) is 0. The zero-order valence-corrected chi connectivity index (χ0v) is 24.8. The second-order valence-electron chi connectivity index (χ2n) is 11.4. The molecule has 8 aromatic carbocycles. The summed E-state index contributed by atoms with van der Waals surface area (Å²) in [5.41, 5.74) is 10.6. The number of para-hydroxylation sites is 1. The summed E-state index contributed by atoms with van der Waals surface area (Å²) in [5, 5.41) is 5.02. The molecule has 0 N–H and O–H groups in total. The molecule has 0 aliphatic heterocycles. The van der Waals surface area contributed by atoms with Gasteiger partial charge in [-0.15, -0.1) is 0 Å². The fraction of sp³-hybridized carbons (Fsp3) is 0. The largest absolute Gasteiger partial charge is 0.310 e. The van der Waals surface area contributed by atoms with Crippen molar-refractivity contribution in [3.8, 4) is 33.4 Å². The summed E-state index contributed by atoms with van der Waals surface area (Å²) in [6.45, 7) is 0. The molecule has 0 bridgehead atoms. The summed E-state index contributed by atoms with van der Waals surface area (Å²) < 4.78 is 0. The van der Waals surface area contributed by atoms with Crippen LogP contribution >= 0.6 is 0 Å². The lowest BCUT2D eigenvalue weighted by Gasteiger charge is -2.29. The minimum absolute atomic E-state index is 1.11. The highest BCUT2D eigenvalue weighted by Crippen LogP contribution is 2.44. The predicted molar refractivity (Wildman–Crippen MR) is 192 cm³/mol. The van der Waals surface area contributed by atoms with E-state index in [2.05, 4.69) is 193 Å². The molecule has 0 aliphatic rings. The SMILES string of the molecule is c1ccc(-c2ccc(-c3cccc4ccccc34)cc2N(c2ccccc2)c2ccc(-c3cccc4ccccc34)cc2)cc1. The Balaban J connectivity index is 1.33. The number of benzene rings is 8. The molecule has 1 heteroatoms. The minimum Gasteiger partial charge on any atom is -0.310 e. The number of nitrogens with zero attached hydrogens (tertiary/aromatic N) is 1. The second-order valence-corrected chi connectivity index (χ2v) is 11.4. The summed E-state index contributed by atoms with van der Waals surface area (Å²) in [4.78, 5) is 2.39. The first-order valence-corrected chi connectivity index (χ1v) is 15.4. The summed E-state index contributed by atoms with van der Waals surface area (Å²) >= 11 is 0. The van der Waals surface area contributed by atoms with E-state index in [9.17, 15) is 0 Å². The third-order valence-corrected chi connectivity index (χ3v) is 8.66. The second kappa shape index (κ2) is 11.6. The van der Waals surface area contributed by atoms with E-state index >= 15 is 0 Å². The Morgan fingerprint density at radius 2 is 0.756 bits per heavy atom. The maximum Gasteiger partial charge on any atom is 0.0546 e. The van der Waals surface area contributed by atoms with Gasteiger partial charge in [0.1, 0.15) is 0 Å². The molecule has 0 amide bonds. The lowest BCUT2D eigenvalue weighted by atomic mass is 9.94. The molecule has 0 radical (unpaired) electrons. The van der Waals surface area contributed by atoms with E-state index in [1.54, 1.807) is 0 Å². The van der Waals surface area contributed by atoms with Crippen molar-refractivity contribution in [2.75, 3.05) is 4.90 Å². The van der Waals surface area contributed by atoms with Gasteiger partial charge in [-0.2, -0.15) is 0 Å². The molecule has 0 fully saturated rings. The molecule has 212 valence electrons. The normalized spacial score (nSPS) is 11.1. The zero-order valence-electron chi connectivity index (χ0n) is 24.8. The van der Waals surface area contributed by atoms with Crippen LogP contribution in [0.3, 0.4) is 0 Å². The van der Waals surface area contributed by atoms with Crippen molar-refractivity contribution < 1.29 is 0 Å². The van der Waals surface area contributed by atoms with E-state index in [-0.39, 0.29) is 0 Å². The highest BCUT2D eigenvalue weighted by molar-refractivity contribution is 6.00. The van der Waals surface area contributed by atoms with E-state index in [1.165, 1.54) is 54.9 Å². The smallest absolute Gasteiger partial charge is 0.0546 e. The monoisotopic (exact) mass is 573 g/mol. The number of rotatable bonds is 6. The van der Waals surface area contributed by atoms with E-state index in [0.29, 0.717) is 0 Å². The van der Waals surface area contributed by atoms with Gasteiger partial charge in [0.05, 0.1) is 5.69 Å². The molecule has 1 nitrogen and oxygen atoms in total. The molecule has 8 rings (SSSR count). The van der Waals surface area contributed by atoms with Crippen LogP contribution in [0.15, 0.2) is 188 Å².